The second-order valence-electron chi connectivity index (χ2n) is 3.68. The quantitative estimate of drug-likeness (QED) is 0.635. The minimum absolute atomic E-state index is 0.221. The lowest BCUT2D eigenvalue weighted by atomic mass is 9.80. The van der Waals surface area contributed by atoms with Gasteiger partial charge in [0.15, 0.2) is 0 Å². The Kier molecular flexibility index (Phi) is 2.06. The van der Waals surface area contributed by atoms with Crippen LogP contribution in [-0.2, 0) is 5.41 Å². The van der Waals surface area contributed by atoms with Gasteiger partial charge in [0.25, 0.3) is 0 Å². The van der Waals surface area contributed by atoms with Gasteiger partial charge < -0.3 is 0 Å². The van der Waals surface area contributed by atoms with Gasteiger partial charge in [0, 0.05) is 0 Å². The maximum absolute atomic E-state index is 9.20. The molecule has 0 amide bonds. The highest BCUT2D eigenvalue weighted by atomic mass is 14.4. The topological polar surface area (TPSA) is 23.8 Å². The third-order valence-corrected chi connectivity index (χ3v) is 2.90. The molecule has 1 radical (unpaired) electrons. The third-order valence-electron chi connectivity index (χ3n) is 2.90. The van der Waals surface area contributed by atoms with Gasteiger partial charge in [-0.05, 0) is 24.5 Å². The Balaban J connectivity index is 2.38. The van der Waals surface area contributed by atoms with E-state index in [4.69, 9.17) is 0 Å². The summed E-state index contributed by atoms with van der Waals surface area (Å²) in [6.07, 6.45) is 4.36. The molecule has 0 unspecified atom stereocenters. The molecule has 1 aromatic rings. The molecule has 0 N–H and O–H groups in total. The number of rotatable bonds is 1. The van der Waals surface area contributed by atoms with E-state index in [9.17, 15) is 5.26 Å². The smallest absolute Gasteiger partial charge is 0.0828 e. The Labute approximate surface area is 79.0 Å². The Hall–Kier alpha value is -1.29. The maximum atomic E-state index is 9.20. The summed E-state index contributed by atoms with van der Waals surface area (Å²) in [7, 11) is 0. The number of benzene rings is 1. The van der Waals surface area contributed by atoms with E-state index in [0.717, 1.165) is 18.4 Å². The van der Waals surface area contributed by atoms with Crippen LogP contribution in [0.25, 0.3) is 0 Å². The number of nitriles is 1. The second kappa shape index (κ2) is 3.22. The zero-order valence-corrected chi connectivity index (χ0v) is 7.59. The Morgan fingerprint density at radius 2 is 2.08 bits per heavy atom. The Morgan fingerprint density at radius 1 is 1.31 bits per heavy atom. The molecule has 1 heteroatoms. The highest BCUT2D eigenvalue weighted by Crippen LogP contribution is 2.39. The van der Waals surface area contributed by atoms with Crippen LogP contribution in [0.3, 0.4) is 0 Å². The average molecular weight is 170 g/mol. The molecule has 65 valence electrons. The monoisotopic (exact) mass is 170 g/mol. The zero-order valence-electron chi connectivity index (χ0n) is 7.59. The van der Waals surface area contributed by atoms with Gasteiger partial charge in [-0.1, -0.05) is 37.1 Å². The van der Waals surface area contributed by atoms with E-state index in [1.807, 2.05) is 24.3 Å². The molecule has 1 aromatic carbocycles. The van der Waals surface area contributed by atoms with Gasteiger partial charge >= 0.3 is 0 Å². The van der Waals surface area contributed by atoms with Crippen LogP contribution >= 0.6 is 0 Å². The van der Waals surface area contributed by atoms with E-state index in [0.29, 0.717) is 0 Å². The van der Waals surface area contributed by atoms with Crippen molar-refractivity contribution in [3.8, 4) is 6.07 Å². The van der Waals surface area contributed by atoms with Crippen LogP contribution in [0.1, 0.15) is 31.2 Å². The van der Waals surface area contributed by atoms with Crippen LogP contribution in [0.5, 0.6) is 0 Å². The zero-order chi connectivity index (χ0) is 9.15. The average Bonchev–Trinajstić information content (AvgIpc) is 2.69. The SMILES string of the molecule is N#CC1(c2[c]cccc2)CCCC1. The molecule has 0 saturated heterocycles. The fraction of sp³-hybridized carbons (Fsp3) is 0.417. The Bertz CT molecular complexity index is 315. The summed E-state index contributed by atoms with van der Waals surface area (Å²) in [6.45, 7) is 0. The molecule has 1 nitrogen and oxygen atoms in total. The van der Waals surface area contributed by atoms with Crippen molar-refractivity contribution in [1.29, 1.82) is 5.26 Å². The minimum Gasteiger partial charge on any atom is -0.197 e. The summed E-state index contributed by atoms with van der Waals surface area (Å²) >= 11 is 0. The standard InChI is InChI=1S/C12H12N/c13-10-12(8-4-5-9-12)11-6-2-1-3-7-11/h1-3,6H,4-5,8-9H2. The van der Waals surface area contributed by atoms with E-state index in [1.165, 1.54) is 12.8 Å². The van der Waals surface area contributed by atoms with Gasteiger partial charge in [-0.15, -0.1) is 0 Å². The van der Waals surface area contributed by atoms with Crippen molar-refractivity contribution in [2.45, 2.75) is 31.1 Å². The predicted octanol–water partition coefficient (Wildman–Crippen LogP) is 2.82. The van der Waals surface area contributed by atoms with Crippen LogP contribution in [0.2, 0.25) is 0 Å². The lowest BCUT2D eigenvalue weighted by Gasteiger charge is -2.19. The van der Waals surface area contributed by atoms with E-state index in [1.54, 1.807) is 0 Å². The van der Waals surface area contributed by atoms with Gasteiger partial charge in [0.1, 0.15) is 0 Å². The molecule has 1 fully saturated rings. The van der Waals surface area contributed by atoms with Gasteiger partial charge in [0.05, 0.1) is 11.5 Å². The lowest BCUT2D eigenvalue weighted by molar-refractivity contribution is 0.572. The Morgan fingerprint density at radius 3 is 2.62 bits per heavy atom. The number of hydrogen-bond acceptors (Lipinski definition) is 1. The predicted molar refractivity (Wildman–Crippen MR) is 51.0 cm³/mol. The highest BCUT2D eigenvalue weighted by Gasteiger charge is 2.35. The molecule has 1 aliphatic rings. The summed E-state index contributed by atoms with van der Waals surface area (Å²) in [5.41, 5.74) is 0.858. The first-order chi connectivity index (χ1) is 6.37. The molecule has 0 bridgehead atoms. The first kappa shape index (κ1) is 8.31. The summed E-state index contributed by atoms with van der Waals surface area (Å²) < 4.78 is 0. The van der Waals surface area contributed by atoms with Crippen molar-refractivity contribution in [2.24, 2.45) is 0 Å². The van der Waals surface area contributed by atoms with Crippen molar-refractivity contribution < 1.29 is 0 Å². The number of hydrogen-bond donors (Lipinski definition) is 0. The van der Waals surface area contributed by atoms with Gasteiger partial charge in [0.2, 0.25) is 0 Å². The summed E-state index contributed by atoms with van der Waals surface area (Å²) in [4.78, 5) is 0. The summed E-state index contributed by atoms with van der Waals surface area (Å²) in [5, 5.41) is 9.20. The molecule has 0 aliphatic heterocycles. The van der Waals surface area contributed by atoms with Crippen LogP contribution < -0.4 is 0 Å². The van der Waals surface area contributed by atoms with Crippen LogP contribution in [-0.4, -0.2) is 0 Å². The van der Waals surface area contributed by atoms with Gasteiger partial charge in [-0.2, -0.15) is 5.26 Å². The summed E-state index contributed by atoms with van der Waals surface area (Å²) in [5.74, 6) is 0. The molecule has 13 heavy (non-hydrogen) atoms. The number of nitrogens with zero attached hydrogens (tertiary/aromatic N) is 1. The fourth-order valence-corrected chi connectivity index (χ4v) is 2.11. The second-order valence-corrected chi connectivity index (χ2v) is 3.68. The van der Waals surface area contributed by atoms with Crippen LogP contribution in [0, 0.1) is 17.4 Å². The van der Waals surface area contributed by atoms with Crippen LogP contribution in [0.15, 0.2) is 24.3 Å². The van der Waals surface area contributed by atoms with Gasteiger partial charge in [-0.3, -0.25) is 0 Å². The first-order valence-electron chi connectivity index (χ1n) is 4.76. The third kappa shape index (κ3) is 1.33. The molecule has 0 aromatic heterocycles. The van der Waals surface area contributed by atoms with Gasteiger partial charge in [-0.25, -0.2) is 0 Å². The molecular formula is C12H12N. The van der Waals surface area contributed by atoms with E-state index < -0.39 is 0 Å². The van der Waals surface area contributed by atoms with Crippen molar-refractivity contribution in [3.63, 3.8) is 0 Å². The van der Waals surface area contributed by atoms with Crippen molar-refractivity contribution in [3.05, 3.63) is 35.9 Å². The largest absolute Gasteiger partial charge is 0.197 e. The van der Waals surface area contributed by atoms with E-state index >= 15 is 0 Å². The molecule has 0 spiro atoms. The highest BCUT2D eigenvalue weighted by molar-refractivity contribution is 5.32. The molecule has 0 atom stereocenters. The summed E-state index contributed by atoms with van der Waals surface area (Å²) in [6, 6.07) is 13.5. The van der Waals surface area contributed by atoms with Crippen LogP contribution in [0.4, 0.5) is 0 Å². The normalized spacial score (nSPS) is 19.6. The molecular weight excluding hydrogens is 158 g/mol. The first-order valence-corrected chi connectivity index (χ1v) is 4.76. The molecule has 0 heterocycles. The van der Waals surface area contributed by atoms with Crippen molar-refractivity contribution >= 4 is 0 Å². The minimum atomic E-state index is -0.221. The molecule has 2 rings (SSSR count). The van der Waals surface area contributed by atoms with Crippen molar-refractivity contribution in [2.75, 3.05) is 0 Å². The fourth-order valence-electron chi connectivity index (χ4n) is 2.11. The van der Waals surface area contributed by atoms with E-state index in [-0.39, 0.29) is 5.41 Å². The maximum Gasteiger partial charge on any atom is 0.0828 e. The molecule has 1 saturated carbocycles. The van der Waals surface area contributed by atoms with E-state index in [2.05, 4.69) is 12.1 Å². The lowest BCUT2D eigenvalue weighted by Crippen LogP contribution is -2.18. The molecule has 1 aliphatic carbocycles. The van der Waals surface area contributed by atoms with Crippen molar-refractivity contribution in [1.82, 2.24) is 0 Å².